The Morgan fingerprint density at radius 3 is 2.90 bits per heavy atom. The van der Waals surface area contributed by atoms with Crippen LogP contribution >= 0.6 is 11.8 Å². The maximum absolute atomic E-state index is 12.6. The highest BCUT2D eigenvalue weighted by Gasteiger charge is 2.30. The molecule has 0 radical (unpaired) electrons. The largest absolute Gasteiger partial charge is 0.481 e. The minimum Gasteiger partial charge on any atom is -0.481 e. The molecule has 2 heterocycles. The smallest absolute Gasteiger partial charge is 0.305 e. The maximum Gasteiger partial charge on any atom is 0.305 e. The molecule has 0 bridgehead atoms. The number of nitrogens with zero attached hydrogens (tertiary/aromatic N) is 3. The van der Waals surface area contributed by atoms with Crippen molar-refractivity contribution in [3.8, 4) is 0 Å². The maximum atomic E-state index is 12.6. The highest BCUT2D eigenvalue weighted by atomic mass is 32.2. The molecule has 1 saturated heterocycles. The van der Waals surface area contributed by atoms with Crippen LogP contribution in [-0.2, 0) is 4.79 Å². The molecular weight excluding hydrogens is 278 g/mol. The monoisotopic (exact) mass is 295 g/mol. The summed E-state index contributed by atoms with van der Waals surface area (Å²) < 4.78 is 0. The second-order valence-electron chi connectivity index (χ2n) is 4.74. The second kappa shape index (κ2) is 6.21. The summed E-state index contributed by atoms with van der Waals surface area (Å²) in [5, 5.41) is 8.95. The van der Waals surface area contributed by atoms with Gasteiger partial charge in [-0.25, -0.2) is 9.97 Å². The lowest BCUT2D eigenvalue weighted by Gasteiger charge is -2.34. The molecule has 0 aliphatic carbocycles. The Balaban J connectivity index is 2.22. The zero-order valence-corrected chi connectivity index (χ0v) is 12.3. The van der Waals surface area contributed by atoms with E-state index < -0.39 is 5.97 Å². The van der Waals surface area contributed by atoms with E-state index in [0.717, 1.165) is 5.75 Å². The van der Waals surface area contributed by atoms with Crippen LogP contribution in [-0.4, -0.2) is 55.9 Å². The van der Waals surface area contributed by atoms with Crippen molar-refractivity contribution in [2.75, 3.05) is 18.1 Å². The molecule has 0 aromatic carbocycles. The van der Waals surface area contributed by atoms with Gasteiger partial charge in [-0.2, -0.15) is 11.8 Å². The summed E-state index contributed by atoms with van der Waals surface area (Å²) in [4.78, 5) is 33.4. The third kappa shape index (κ3) is 3.27. The Labute approximate surface area is 121 Å². The summed E-state index contributed by atoms with van der Waals surface area (Å²) in [7, 11) is 0. The molecule has 1 aromatic rings. The van der Waals surface area contributed by atoms with Crippen molar-refractivity contribution in [3.05, 3.63) is 23.3 Å². The van der Waals surface area contributed by atoms with Gasteiger partial charge < -0.3 is 10.0 Å². The van der Waals surface area contributed by atoms with Crippen molar-refractivity contribution in [1.82, 2.24) is 14.9 Å². The van der Waals surface area contributed by atoms with E-state index in [1.165, 1.54) is 6.20 Å². The fraction of sp³-hybridized carbons (Fsp3) is 0.538. The fourth-order valence-corrected chi connectivity index (χ4v) is 3.30. The Hall–Kier alpha value is -1.63. The first-order valence-electron chi connectivity index (χ1n) is 6.39. The number of hydrogen-bond donors (Lipinski definition) is 1. The molecular formula is C13H17N3O3S. The van der Waals surface area contributed by atoms with Crippen molar-refractivity contribution < 1.29 is 14.7 Å². The van der Waals surface area contributed by atoms with E-state index >= 15 is 0 Å². The first kappa shape index (κ1) is 14.8. The van der Waals surface area contributed by atoms with Crippen molar-refractivity contribution in [3.63, 3.8) is 0 Å². The number of aromatic nitrogens is 2. The second-order valence-corrected chi connectivity index (χ2v) is 5.89. The number of carboxylic acids is 1. The Morgan fingerprint density at radius 1 is 1.50 bits per heavy atom. The van der Waals surface area contributed by atoms with Gasteiger partial charge in [0.05, 0.1) is 23.7 Å². The molecule has 1 atom stereocenters. The quantitative estimate of drug-likeness (QED) is 0.900. The molecule has 1 aliphatic heterocycles. The highest BCUT2D eigenvalue weighted by molar-refractivity contribution is 7.99. The van der Waals surface area contributed by atoms with Gasteiger partial charge in [0.1, 0.15) is 5.82 Å². The molecule has 1 amide bonds. The Morgan fingerprint density at radius 2 is 2.25 bits per heavy atom. The van der Waals surface area contributed by atoms with Crippen LogP contribution in [0.4, 0.5) is 0 Å². The molecule has 2 rings (SSSR count). The Bertz CT molecular complexity index is 536. The van der Waals surface area contributed by atoms with Crippen LogP contribution in [0.25, 0.3) is 0 Å². The molecule has 0 saturated carbocycles. The van der Waals surface area contributed by atoms with Crippen LogP contribution in [0.3, 0.4) is 0 Å². The van der Waals surface area contributed by atoms with E-state index in [4.69, 9.17) is 5.11 Å². The minimum absolute atomic E-state index is 0.0233. The molecule has 1 fully saturated rings. The number of aryl methyl sites for hydroxylation is 2. The SMILES string of the molecule is Cc1ncc(C(=O)N2CCSCC2CC(=O)O)c(C)n1. The molecule has 1 N–H and O–H groups in total. The van der Waals surface area contributed by atoms with E-state index in [-0.39, 0.29) is 18.4 Å². The van der Waals surface area contributed by atoms with Gasteiger partial charge in [0, 0.05) is 24.2 Å². The van der Waals surface area contributed by atoms with Crippen molar-refractivity contribution >= 4 is 23.6 Å². The van der Waals surface area contributed by atoms with E-state index in [2.05, 4.69) is 9.97 Å². The molecule has 1 aromatic heterocycles. The fourth-order valence-electron chi connectivity index (χ4n) is 2.24. The molecule has 0 spiro atoms. The number of carbonyl (C=O) groups is 2. The summed E-state index contributed by atoms with van der Waals surface area (Å²) in [6, 6.07) is -0.264. The van der Waals surface area contributed by atoms with Gasteiger partial charge in [-0.1, -0.05) is 0 Å². The van der Waals surface area contributed by atoms with Gasteiger partial charge >= 0.3 is 5.97 Å². The van der Waals surface area contributed by atoms with Crippen LogP contribution < -0.4 is 0 Å². The van der Waals surface area contributed by atoms with E-state index in [9.17, 15) is 9.59 Å². The molecule has 108 valence electrons. The average Bonchev–Trinajstić information content (AvgIpc) is 2.38. The number of amides is 1. The van der Waals surface area contributed by atoms with Crippen LogP contribution in [0.5, 0.6) is 0 Å². The molecule has 7 heteroatoms. The lowest BCUT2D eigenvalue weighted by Crippen LogP contribution is -2.47. The zero-order chi connectivity index (χ0) is 14.7. The van der Waals surface area contributed by atoms with Crippen LogP contribution in [0.1, 0.15) is 28.3 Å². The summed E-state index contributed by atoms with van der Waals surface area (Å²) >= 11 is 1.68. The van der Waals surface area contributed by atoms with Gasteiger partial charge in [0.15, 0.2) is 0 Å². The van der Waals surface area contributed by atoms with E-state index in [1.54, 1.807) is 30.5 Å². The van der Waals surface area contributed by atoms with Crippen LogP contribution in [0.2, 0.25) is 0 Å². The van der Waals surface area contributed by atoms with Gasteiger partial charge in [-0.05, 0) is 13.8 Å². The minimum atomic E-state index is -0.882. The van der Waals surface area contributed by atoms with Crippen molar-refractivity contribution in [2.24, 2.45) is 0 Å². The third-order valence-corrected chi connectivity index (χ3v) is 4.32. The highest BCUT2D eigenvalue weighted by Crippen LogP contribution is 2.21. The summed E-state index contributed by atoms with van der Waals surface area (Å²) in [5.74, 6) is 1.05. The van der Waals surface area contributed by atoms with Gasteiger partial charge in [-0.15, -0.1) is 0 Å². The first-order chi connectivity index (χ1) is 9.49. The normalized spacial score (nSPS) is 18.9. The lowest BCUT2D eigenvalue weighted by molar-refractivity contribution is -0.138. The molecule has 6 nitrogen and oxygen atoms in total. The molecule has 1 unspecified atom stereocenters. The van der Waals surface area contributed by atoms with E-state index in [0.29, 0.717) is 29.4 Å². The van der Waals surface area contributed by atoms with Crippen molar-refractivity contribution in [1.29, 1.82) is 0 Å². The number of carbonyl (C=O) groups excluding carboxylic acids is 1. The Kier molecular flexibility index (Phi) is 4.59. The van der Waals surface area contributed by atoms with Gasteiger partial charge in [-0.3, -0.25) is 9.59 Å². The third-order valence-electron chi connectivity index (χ3n) is 3.23. The number of aliphatic carboxylic acids is 1. The first-order valence-corrected chi connectivity index (χ1v) is 7.55. The van der Waals surface area contributed by atoms with Crippen LogP contribution in [0.15, 0.2) is 6.20 Å². The predicted molar refractivity (Wildman–Crippen MR) is 75.9 cm³/mol. The summed E-state index contributed by atoms with van der Waals surface area (Å²) in [6.45, 7) is 4.10. The molecule has 1 aliphatic rings. The van der Waals surface area contributed by atoms with Crippen molar-refractivity contribution in [2.45, 2.75) is 26.3 Å². The van der Waals surface area contributed by atoms with Gasteiger partial charge in [0.2, 0.25) is 0 Å². The lowest BCUT2D eigenvalue weighted by atomic mass is 10.1. The number of hydrogen-bond acceptors (Lipinski definition) is 5. The van der Waals surface area contributed by atoms with Gasteiger partial charge in [0.25, 0.3) is 5.91 Å². The summed E-state index contributed by atoms with van der Waals surface area (Å²) in [5.41, 5.74) is 1.09. The number of rotatable bonds is 3. The predicted octanol–water partition coefficient (Wildman–Crippen LogP) is 1.13. The number of carboxylic acid groups (broad SMARTS) is 1. The summed E-state index contributed by atoms with van der Waals surface area (Å²) in [6.07, 6.45) is 1.50. The molecule has 20 heavy (non-hydrogen) atoms. The van der Waals surface area contributed by atoms with E-state index in [1.807, 2.05) is 0 Å². The van der Waals surface area contributed by atoms with Crippen LogP contribution in [0, 0.1) is 13.8 Å². The topological polar surface area (TPSA) is 83.4 Å². The standard InChI is InChI=1S/C13H17N3O3S/c1-8-11(6-14-9(2)15-8)13(19)16-3-4-20-7-10(16)5-12(17)18/h6,10H,3-5,7H2,1-2H3,(H,17,18). The zero-order valence-electron chi connectivity index (χ0n) is 11.5. The number of thioether (sulfide) groups is 1. The average molecular weight is 295 g/mol.